The van der Waals surface area contributed by atoms with Crippen molar-refractivity contribution in [3.05, 3.63) is 35.9 Å². The topological polar surface area (TPSA) is 0 Å². The summed E-state index contributed by atoms with van der Waals surface area (Å²) in [5, 5.41) is 0. The van der Waals surface area contributed by atoms with Gasteiger partial charge in [-0.2, -0.15) is 0 Å². The maximum atomic E-state index is 2.43. The Hall–Kier alpha value is -0.780. The highest BCUT2D eigenvalue weighted by Crippen LogP contribution is 2.34. The second-order valence-corrected chi connectivity index (χ2v) is 12.4. The molecule has 0 aliphatic heterocycles. The molecule has 0 N–H and O–H groups in total. The van der Waals surface area contributed by atoms with Gasteiger partial charge in [0.15, 0.2) is 0 Å². The third kappa shape index (κ3) is 17.4. The van der Waals surface area contributed by atoms with E-state index in [9.17, 15) is 0 Å². The number of hydrogen-bond donors (Lipinski definition) is 0. The third-order valence-corrected chi connectivity index (χ3v) is 8.92. The molecule has 2 saturated carbocycles. The van der Waals surface area contributed by atoms with Crippen molar-refractivity contribution in [2.24, 2.45) is 41.4 Å². The molecule has 2 atom stereocenters. The first-order valence-electron chi connectivity index (χ1n) is 15.7. The Morgan fingerprint density at radius 1 is 0.649 bits per heavy atom. The molecule has 0 heteroatoms. The Labute approximate surface area is 238 Å². The van der Waals surface area contributed by atoms with Crippen LogP contribution < -0.4 is 0 Å². The smallest absolute Gasteiger partial charge is 0.0141 e. The highest BCUT2D eigenvalue weighted by molar-refractivity contribution is 5.19. The molecule has 0 nitrogen and oxygen atoms in total. The summed E-state index contributed by atoms with van der Waals surface area (Å²) in [4.78, 5) is 0. The van der Waals surface area contributed by atoms with E-state index in [2.05, 4.69) is 92.6 Å². The maximum Gasteiger partial charge on any atom is -0.0141 e. The van der Waals surface area contributed by atoms with Crippen LogP contribution in [0.15, 0.2) is 30.3 Å². The molecule has 3 rings (SSSR count). The zero-order valence-electron chi connectivity index (χ0n) is 26.1. The van der Waals surface area contributed by atoms with Gasteiger partial charge in [-0.15, -0.1) is 0 Å². The van der Waals surface area contributed by atoms with Crippen molar-refractivity contribution in [3.8, 4) is 0 Å². The van der Waals surface area contributed by atoms with Crippen LogP contribution >= 0.6 is 0 Å². The van der Waals surface area contributed by atoms with Gasteiger partial charge in [-0.1, -0.05) is 166 Å². The van der Waals surface area contributed by atoms with Gasteiger partial charge in [0.2, 0.25) is 0 Å². The molecule has 222 valence electrons. The molecule has 2 aliphatic rings. The maximum absolute atomic E-state index is 2.43. The molecule has 0 aromatic heterocycles. The minimum atomic E-state index is 0. The minimum Gasteiger partial charge on any atom is -0.0776 e. The molecule has 2 aliphatic carbocycles. The van der Waals surface area contributed by atoms with Crippen LogP contribution in [0.4, 0.5) is 0 Å². The van der Waals surface area contributed by atoms with Gasteiger partial charge < -0.3 is 0 Å². The number of hydrogen-bond acceptors (Lipinski definition) is 0. The fourth-order valence-corrected chi connectivity index (χ4v) is 5.95. The first-order valence-corrected chi connectivity index (χ1v) is 15.7. The Balaban J connectivity index is -0.000000443. The summed E-state index contributed by atoms with van der Waals surface area (Å²) < 4.78 is 0. The molecule has 0 radical (unpaired) electrons. The van der Waals surface area contributed by atoms with E-state index < -0.39 is 0 Å². The van der Waals surface area contributed by atoms with Gasteiger partial charge in [0.1, 0.15) is 0 Å². The van der Waals surface area contributed by atoms with E-state index in [1.165, 1.54) is 69.8 Å². The van der Waals surface area contributed by atoms with E-state index in [0.29, 0.717) is 0 Å². The fourth-order valence-electron chi connectivity index (χ4n) is 5.95. The molecule has 2 unspecified atom stereocenters. The summed E-state index contributed by atoms with van der Waals surface area (Å²) in [6, 6.07) is 10.8. The molecule has 0 bridgehead atoms. The molecular formula is C37H74. The number of rotatable bonds is 6. The summed E-state index contributed by atoms with van der Waals surface area (Å²) in [6.45, 7) is 25.1. The number of benzene rings is 1. The summed E-state index contributed by atoms with van der Waals surface area (Å²) >= 11 is 0. The van der Waals surface area contributed by atoms with Crippen LogP contribution in [0.1, 0.15) is 167 Å². The van der Waals surface area contributed by atoms with E-state index >= 15 is 0 Å². The third-order valence-electron chi connectivity index (χ3n) is 8.92. The lowest BCUT2D eigenvalue weighted by atomic mass is 9.76. The average molecular weight is 519 g/mol. The predicted molar refractivity (Wildman–Crippen MR) is 176 cm³/mol. The van der Waals surface area contributed by atoms with Crippen molar-refractivity contribution in [2.75, 3.05) is 0 Å². The Kier molecular flexibility index (Phi) is 26.7. The van der Waals surface area contributed by atoms with Gasteiger partial charge >= 0.3 is 0 Å². The van der Waals surface area contributed by atoms with Gasteiger partial charge in [-0.05, 0) is 72.2 Å². The van der Waals surface area contributed by atoms with Crippen LogP contribution in [0.5, 0.6) is 0 Å². The predicted octanol–water partition coefficient (Wildman–Crippen LogP) is 13.5. The van der Waals surface area contributed by atoms with Crippen LogP contribution in [0.2, 0.25) is 0 Å². The SMILES string of the molecule is C.C.CC.CC(C)C(C)C1CCCCC1.CC1CCC(C(C)C)CC1.CCC(c1ccccc1)C(C)C. The second kappa shape index (κ2) is 24.3. The van der Waals surface area contributed by atoms with E-state index in [4.69, 9.17) is 0 Å². The van der Waals surface area contributed by atoms with Crippen molar-refractivity contribution in [1.29, 1.82) is 0 Å². The normalized spacial score (nSPS) is 21.0. The lowest BCUT2D eigenvalue weighted by Gasteiger charge is -2.30. The summed E-state index contributed by atoms with van der Waals surface area (Å²) in [5.41, 5.74) is 1.48. The van der Waals surface area contributed by atoms with Crippen molar-refractivity contribution in [2.45, 2.75) is 161 Å². The molecule has 37 heavy (non-hydrogen) atoms. The Bertz CT molecular complexity index is 555. The van der Waals surface area contributed by atoms with E-state index in [1.807, 2.05) is 13.8 Å². The lowest BCUT2D eigenvalue weighted by Crippen LogP contribution is -2.19. The second-order valence-electron chi connectivity index (χ2n) is 12.4. The molecule has 1 aromatic carbocycles. The molecule has 0 saturated heterocycles. The largest absolute Gasteiger partial charge is 0.0776 e. The first kappa shape index (κ1) is 40.7. The average Bonchev–Trinajstić information content (AvgIpc) is 2.87. The van der Waals surface area contributed by atoms with E-state index in [-0.39, 0.29) is 14.9 Å². The van der Waals surface area contributed by atoms with E-state index in [0.717, 1.165) is 47.3 Å². The highest BCUT2D eigenvalue weighted by atomic mass is 14.3. The molecule has 0 amide bonds. The van der Waals surface area contributed by atoms with Crippen LogP contribution in [0.3, 0.4) is 0 Å². The van der Waals surface area contributed by atoms with Crippen LogP contribution in [-0.2, 0) is 0 Å². The molecule has 0 heterocycles. The van der Waals surface area contributed by atoms with E-state index in [1.54, 1.807) is 0 Å². The van der Waals surface area contributed by atoms with Gasteiger partial charge in [0.25, 0.3) is 0 Å². The quantitative estimate of drug-likeness (QED) is 0.351. The monoisotopic (exact) mass is 519 g/mol. The zero-order chi connectivity index (χ0) is 26.8. The summed E-state index contributed by atoms with van der Waals surface area (Å²) in [5.74, 6) is 7.33. The zero-order valence-corrected chi connectivity index (χ0v) is 26.1. The summed E-state index contributed by atoms with van der Waals surface area (Å²) in [7, 11) is 0. The standard InChI is InChI=1S/C12H18.C11H22.C10H20.C2H6.2CH4/c1-4-12(10(2)3)11-8-6-5-7-9-11;1-9(2)10(3)11-7-5-4-6-8-11;1-8(2)10-6-4-9(3)5-7-10;1-2;;/h5-10,12H,4H2,1-3H3;9-11H,4-8H2,1-3H3;8-10H,4-7H2,1-3H3;1-2H3;2*1H4. The fraction of sp³-hybridized carbons (Fsp3) is 0.838. The van der Waals surface area contributed by atoms with Crippen molar-refractivity contribution < 1.29 is 0 Å². The van der Waals surface area contributed by atoms with Crippen LogP contribution in [0.25, 0.3) is 0 Å². The van der Waals surface area contributed by atoms with Gasteiger partial charge in [0.05, 0.1) is 0 Å². The highest BCUT2D eigenvalue weighted by Gasteiger charge is 2.22. The van der Waals surface area contributed by atoms with Crippen LogP contribution in [0, 0.1) is 41.4 Å². The Morgan fingerprint density at radius 3 is 1.51 bits per heavy atom. The Morgan fingerprint density at radius 2 is 1.14 bits per heavy atom. The molecule has 2 fully saturated rings. The van der Waals surface area contributed by atoms with Crippen LogP contribution in [-0.4, -0.2) is 0 Å². The summed E-state index contributed by atoms with van der Waals surface area (Å²) in [6.07, 6.45) is 14.6. The molecule has 1 aromatic rings. The first-order chi connectivity index (χ1) is 16.7. The molecule has 0 spiro atoms. The van der Waals surface area contributed by atoms with Crippen molar-refractivity contribution in [1.82, 2.24) is 0 Å². The van der Waals surface area contributed by atoms with Gasteiger partial charge in [0, 0.05) is 0 Å². The van der Waals surface area contributed by atoms with Gasteiger partial charge in [-0.25, -0.2) is 0 Å². The van der Waals surface area contributed by atoms with Crippen molar-refractivity contribution in [3.63, 3.8) is 0 Å². The lowest BCUT2D eigenvalue weighted by molar-refractivity contribution is 0.213. The van der Waals surface area contributed by atoms with Crippen molar-refractivity contribution >= 4 is 0 Å². The molecular weight excluding hydrogens is 444 g/mol. The minimum absolute atomic E-state index is 0. The van der Waals surface area contributed by atoms with Gasteiger partial charge in [-0.3, -0.25) is 0 Å².